The molecule has 1 amide bonds. The van der Waals surface area contributed by atoms with Crippen LogP contribution >= 0.6 is 15.9 Å². The molecule has 2 N–H and O–H groups in total. The van der Waals surface area contributed by atoms with Crippen molar-refractivity contribution in [1.29, 1.82) is 0 Å². The summed E-state index contributed by atoms with van der Waals surface area (Å²) in [5, 5.41) is 5.75. The largest absolute Gasteiger partial charge is 0.483 e. The van der Waals surface area contributed by atoms with Gasteiger partial charge in [-0.25, -0.2) is 4.98 Å². The van der Waals surface area contributed by atoms with E-state index in [1.807, 2.05) is 55.4 Å². The van der Waals surface area contributed by atoms with E-state index in [0.29, 0.717) is 33.6 Å². The maximum Gasteiger partial charge on any atom is 0.282 e. The fourth-order valence-corrected chi connectivity index (χ4v) is 4.20. The lowest BCUT2D eigenvalue weighted by Crippen LogP contribution is -2.21. The van der Waals surface area contributed by atoms with Crippen LogP contribution in [0.1, 0.15) is 5.56 Å². The maximum absolute atomic E-state index is 13.5. The van der Waals surface area contributed by atoms with Gasteiger partial charge < -0.3 is 19.8 Å². The molecule has 37 heavy (non-hydrogen) atoms. The van der Waals surface area contributed by atoms with Crippen molar-refractivity contribution in [3.8, 4) is 17.3 Å². The number of hydrogen-bond acceptors (Lipinski definition) is 7. The van der Waals surface area contributed by atoms with Gasteiger partial charge in [-0.15, -0.1) is 0 Å². The molecule has 2 heterocycles. The van der Waals surface area contributed by atoms with Crippen molar-refractivity contribution in [2.45, 2.75) is 0 Å². The summed E-state index contributed by atoms with van der Waals surface area (Å²) in [4.78, 5) is 31.4. The fraction of sp³-hybridized carbons (Fsp3) is 0.111. The molecule has 2 aromatic heterocycles. The first kappa shape index (κ1) is 24.3. The van der Waals surface area contributed by atoms with Crippen LogP contribution in [0.2, 0.25) is 0 Å². The zero-order chi connectivity index (χ0) is 26.1. The summed E-state index contributed by atoms with van der Waals surface area (Å²) in [5.41, 5.74) is 7.50. The summed E-state index contributed by atoms with van der Waals surface area (Å²) >= 11 is 3.47. The first-order chi connectivity index (χ1) is 17.8. The molecule has 0 saturated carbocycles. The number of hydrogen-bond donors (Lipinski definition) is 1. The van der Waals surface area contributed by atoms with Crippen LogP contribution in [-0.2, 0) is 4.79 Å². The molecule has 0 atom stereocenters. The lowest BCUT2D eigenvalue weighted by molar-refractivity contribution is -0.119. The van der Waals surface area contributed by atoms with Gasteiger partial charge in [0.05, 0.1) is 17.1 Å². The molecule has 0 radical (unpaired) electrons. The number of primary amides is 1. The van der Waals surface area contributed by atoms with E-state index in [0.717, 1.165) is 15.5 Å². The van der Waals surface area contributed by atoms with Gasteiger partial charge in [0.25, 0.3) is 11.5 Å². The lowest BCUT2D eigenvalue weighted by atomic mass is 10.2. The molecule has 0 aliphatic rings. The second-order valence-electron chi connectivity index (χ2n) is 8.48. The molecule has 0 fully saturated rings. The van der Waals surface area contributed by atoms with Crippen molar-refractivity contribution in [1.82, 2.24) is 9.66 Å². The zero-order valence-corrected chi connectivity index (χ0v) is 21.6. The molecular formula is C27H22BrN5O4. The van der Waals surface area contributed by atoms with Crippen LogP contribution in [-0.4, -0.2) is 42.5 Å². The van der Waals surface area contributed by atoms with E-state index in [4.69, 9.17) is 19.9 Å². The number of rotatable bonds is 7. The van der Waals surface area contributed by atoms with Crippen LogP contribution < -0.4 is 20.9 Å². The van der Waals surface area contributed by atoms with Gasteiger partial charge in [0.15, 0.2) is 12.4 Å². The van der Waals surface area contributed by atoms with Gasteiger partial charge >= 0.3 is 0 Å². The number of nitrogens with zero attached hydrogens (tertiary/aromatic N) is 4. The molecule has 5 aromatic rings. The quantitative estimate of drug-likeness (QED) is 0.296. The molecule has 9 nitrogen and oxygen atoms in total. The summed E-state index contributed by atoms with van der Waals surface area (Å²) in [6.45, 7) is -0.297. The van der Waals surface area contributed by atoms with Crippen molar-refractivity contribution in [3.63, 3.8) is 0 Å². The molecule has 3 aromatic carbocycles. The van der Waals surface area contributed by atoms with Crippen molar-refractivity contribution < 1.29 is 13.9 Å². The fourth-order valence-electron chi connectivity index (χ4n) is 3.82. The van der Waals surface area contributed by atoms with E-state index in [9.17, 15) is 9.59 Å². The predicted octanol–water partition coefficient (Wildman–Crippen LogP) is 4.38. The van der Waals surface area contributed by atoms with Gasteiger partial charge in [0.1, 0.15) is 11.3 Å². The van der Waals surface area contributed by atoms with Crippen molar-refractivity contribution in [2.24, 2.45) is 10.8 Å². The molecule has 0 unspecified atom stereocenters. The number of ether oxygens (including phenoxy) is 1. The van der Waals surface area contributed by atoms with Crippen molar-refractivity contribution in [2.75, 3.05) is 25.6 Å². The number of aromatic nitrogens is 2. The topological polar surface area (TPSA) is 116 Å². The Hall–Kier alpha value is -4.44. The predicted molar refractivity (Wildman–Crippen MR) is 147 cm³/mol. The number of furan rings is 1. The van der Waals surface area contributed by atoms with Crippen LogP contribution in [0, 0.1) is 0 Å². The molecule has 0 saturated heterocycles. The number of amides is 1. The Labute approximate surface area is 219 Å². The Morgan fingerprint density at radius 3 is 2.76 bits per heavy atom. The summed E-state index contributed by atoms with van der Waals surface area (Å²) in [6, 6.07) is 19.9. The monoisotopic (exact) mass is 559 g/mol. The van der Waals surface area contributed by atoms with E-state index < -0.39 is 5.91 Å². The van der Waals surface area contributed by atoms with Gasteiger partial charge in [0.2, 0.25) is 5.82 Å². The third-order valence-electron chi connectivity index (χ3n) is 5.65. The highest BCUT2D eigenvalue weighted by atomic mass is 79.9. The van der Waals surface area contributed by atoms with Crippen LogP contribution in [0.15, 0.2) is 85.5 Å². The number of carbonyl (C=O) groups excluding carboxylic acids is 1. The van der Waals surface area contributed by atoms with Crippen LogP contribution in [0.25, 0.3) is 33.5 Å². The second kappa shape index (κ2) is 9.90. The molecule has 0 spiro atoms. The first-order valence-electron chi connectivity index (χ1n) is 11.3. The molecule has 0 aliphatic carbocycles. The smallest absolute Gasteiger partial charge is 0.282 e. The lowest BCUT2D eigenvalue weighted by Gasteiger charge is -2.15. The highest BCUT2D eigenvalue weighted by Gasteiger charge is 2.17. The van der Waals surface area contributed by atoms with Gasteiger partial charge in [-0.05, 0) is 48.5 Å². The molecule has 10 heteroatoms. The third kappa shape index (κ3) is 4.96. The summed E-state index contributed by atoms with van der Waals surface area (Å²) in [7, 11) is 3.78. The van der Waals surface area contributed by atoms with Crippen LogP contribution in [0.5, 0.6) is 5.75 Å². The summed E-state index contributed by atoms with van der Waals surface area (Å²) < 4.78 is 13.8. The number of anilines is 1. The number of para-hydroxylation sites is 1. The van der Waals surface area contributed by atoms with E-state index >= 15 is 0 Å². The number of nitrogens with two attached hydrogens (primary N) is 1. The van der Waals surface area contributed by atoms with Gasteiger partial charge in [-0.2, -0.15) is 9.78 Å². The first-order valence-corrected chi connectivity index (χ1v) is 12.1. The SMILES string of the molecule is CN(C)c1ccc(C=Nn2c(-c3cc4cc(Br)ccc4o3)nc3ccccc3c2=O)c(OCC(N)=O)c1. The Morgan fingerprint density at radius 2 is 1.97 bits per heavy atom. The molecule has 0 bridgehead atoms. The van der Waals surface area contributed by atoms with Gasteiger partial charge in [-0.3, -0.25) is 9.59 Å². The summed E-state index contributed by atoms with van der Waals surface area (Å²) in [5.74, 6) is 0.427. The maximum atomic E-state index is 13.5. The zero-order valence-electron chi connectivity index (χ0n) is 20.0. The van der Waals surface area contributed by atoms with Crippen molar-refractivity contribution >= 4 is 55.6 Å². The van der Waals surface area contributed by atoms with E-state index in [-0.39, 0.29) is 18.0 Å². The molecule has 5 rings (SSSR count). The Kier molecular flexibility index (Phi) is 6.49. The Morgan fingerprint density at radius 1 is 1.16 bits per heavy atom. The van der Waals surface area contributed by atoms with Crippen LogP contribution in [0.4, 0.5) is 5.69 Å². The number of fused-ring (bicyclic) bond motifs is 2. The van der Waals surface area contributed by atoms with Crippen LogP contribution in [0.3, 0.4) is 0 Å². The average Bonchev–Trinajstić information content (AvgIpc) is 3.30. The minimum Gasteiger partial charge on any atom is -0.483 e. The van der Waals surface area contributed by atoms with Gasteiger partial charge in [-0.1, -0.05) is 28.1 Å². The number of benzene rings is 3. The highest BCUT2D eigenvalue weighted by molar-refractivity contribution is 9.10. The van der Waals surface area contributed by atoms with Crippen molar-refractivity contribution in [3.05, 3.63) is 87.1 Å². The second-order valence-corrected chi connectivity index (χ2v) is 9.39. The van der Waals surface area contributed by atoms with Gasteiger partial charge in [0, 0.05) is 41.3 Å². The minimum absolute atomic E-state index is 0.247. The Balaban J connectivity index is 1.67. The van der Waals surface area contributed by atoms with E-state index in [1.54, 1.807) is 30.3 Å². The Bertz CT molecular complexity index is 1740. The molecule has 186 valence electrons. The third-order valence-corrected chi connectivity index (χ3v) is 6.14. The molecule has 0 aliphatic heterocycles. The minimum atomic E-state index is -0.605. The summed E-state index contributed by atoms with van der Waals surface area (Å²) in [6.07, 6.45) is 1.48. The number of halogens is 1. The van der Waals surface area contributed by atoms with E-state index in [2.05, 4.69) is 21.0 Å². The van der Waals surface area contributed by atoms with E-state index in [1.165, 1.54) is 10.9 Å². The standard InChI is InChI=1S/C27H22BrN5O4/c1-32(2)19-9-7-16(23(13-19)36-15-25(29)34)14-30-33-26(31-21-6-4-3-5-20(21)27(33)35)24-12-17-11-18(28)8-10-22(17)37-24/h3-14H,15H2,1-2H3,(H2,29,34). The number of carbonyl (C=O) groups is 1. The highest BCUT2D eigenvalue weighted by Crippen LogP contribution is 2.29. The normalized spacial score (nSPS) is 11.4. The average molecular weight is 560 g/mol. The molecular weight excluding hydrogens is 538 g/mol.